The molecule has 2 aliphatic rings. The first-order valence-corrected chi connectivity index (χ1v) is 9.85. The molecule has 1 aliphatic carbocycles. The van der Waals surface area contributed by atoms with Crippen molar-refractivity contribution in [3.05, 3.63) is 52.1 Å². The first-order valence-electron chi connectivity index (χ1n) is 9.85. The van der Waals surface area contributed by atoms with Gasteiger partial charge in [0.2, 0.25) is 5.91 Å². The van der Waals surface area contributed by atoms with Gasteiger partial charge in [-0.2, -0.15) is 0 Å². The van der Waals surface area contributed by atoms with E-state index in [2.05, 4.69) is 15.3 Å². The van der Waals surface area contributed by atoms with E-state index < -0.39 is 0 Å². The van der Waals surface area contributed by atoms with Gasteiger partial charge in [0.1, 0.15) is 5.82 Å². The summed E-state index contributed by atoms with van der Waals surface area (Å²) in [4.78, 5) is 34.3. The number of piperidine rings is 1. The van der Waals surface area contributed by atoms with Crippen LogP contribution >= 0.6 is 0 Å². The van der Waals surface area contributed by atoms with Crippen LogP contribution in [0, 0.1) is 5.92 Å². The summed E-state index contributed by atoms with van der Waals surface area (Å²) in [6, 6.07) is 9.92. The first-order chi connectivity index (χ1) is 13.7. The third-order valence-electron chi connectivity index (χ3n) is 5.69. The van der Waals surface area contributed by atoms with Crippen molar-refractivity contribution in [3.8, 4) is 0 Å². The summed E-state index contributed by atoms with van der Waals surface area (Å²) in [6.07, 6.45) is 3.69. The lowest BCUT2D eigenvalue weighted by molar-refractivity contribution is -0.133. The number of benzene rings is 1. The summed E-state index contributed by atoms with van der Waals surface area (Å²) >= 11 is 0. The third-order valence-corrected chi connectivity index (χ3v) is 5.69. The molecular formula is C20H22N6O2. The van der Waals surface area contributed by atoms with Gasteiger partial charge < -0.3 is 9.88 Å². The summed E-state index contributed by atoms with van der Waals surface area (Å²) < 4.78 is 1.68. The number of nitrogens with one attached hydrogen (secondary N) is 1. The number of aromatic amines is 1. The summed E-state index contributed by atoms with van der Waals surface area (Å²) in [5.41, 5.74) is 1.60. The van der Waals surface area contributed by atoms with Crippen molar-refractivity contribution in [1.29, 1.82) is 0 Å². The Bertz CT molecular complexity index is 1060. The maximum absolute atomic E-state index is 12.5. The quantitative estimate of drug-likeness (QED) is 0.745. The maximum Gasteiger partial charge on any atom is 0.281 e. The van der Waals surface area contributed by atoms with Crippen LogP contribution in [0.15, 0.2) is 35.1 Å². The molecule has 0 radical (unpaired) electrons. The molecule has 144 valence electrons. The highest BCUT2D eigenvalue weighted by molar-refractivity contribution is 5.81. The molecule has 0 atom stereocenters. The van der Waals surface area contributed by atoms with E-state index in [0.29, 0.717) is 23.9 Å². The molecule has 1 aliphatic heterocycles. The van der Waals surface area contributed by atoms with Crippen LogP contribution in [0.2, 0.25) is 0 Å². The van der Waals surface area contributed by atoms with Crippen LogP contribution in [0.5, 0.6) is 0 Å². The average Bonchev–Trinajstić information content (AvgIpc) is 3.50. The zero-order valence-corrected chi connectivity index (χ0v) is 15.5. The number of fused-ring (bicyclic) bond motifs is 1. The van der Waals surface area contributed by atoms with Crippen LogP contribution in [0.1, 0.15) is 43.0 Å². The number of rotatable bonds is 4. The molecule has 0 unspecified atom stereocenters. The molecule has 1 N–H and O–H groups in total. The lowest BCUT2D eigenvalue weighted by Crippen LogP contribution is -2.39. The number of aromatic nitrogens is 5. The molecule has 1 saturated heterocycles. The van der Waals surface area contributed by atoms with Gasteiger partial charge in [0.25, 0.3) is 5.56 Å². The lowest BCUT2D eigenvalue weighted by atomic mass is 9.95. The van der Waals surface area contributed by atoms with E-state index in [1.807, 2.05) is 35.2 Å². The molecule has 8 nitrogen and oxygen atoms in total. The second kappa shape index (κ2) is 6.85. The molecule has 3 heterocycles. The number of likely N-dealkylation sites (tertiary alicyclic amines) is 1. The zero-order valence-electron chi connectivity index (χ0n) is 15.5. The van der Waals surface area contributed by atoms with Gasteiger partial charge in [0.15, 0.2) is 11.2 Å². The Morgan fingerprint density at radius 1 is 1.11 bits per heavy atom. The van der Waals surface area contributed by atoms with Crippen LogP contribution in [0.4, 0.5) is 0 Å². The van der Waals surface area contributed by atoms with Crippen LogP contribution in [-0.4, -0.2) is 48.9 Å². The molecule has 1 aromatic carbocycles. The van der Waals surface area contributed by atoms with Gasteiger partial charge in [-0.1, -0.05) is 35.5 Å². The van der Waals surface area contributed by atoms with E-state index >= 15 is 0 Å². The van der Waals surface area contributed by atoms with Gasteiger partial charge in [-0.05, 0) is 31.2 Å². The molecule has 0 bridgehead atoms. The molecule has 0 spiro atoms. The Labute approximate surface area is 161 Å². The van der Waals surface area contributed by atoms with Crippen molar-refractivity contribution in [2.24, 2.45) is 5.92 Å². The number of carbonyl (C=O) groups excluding carboxylic acids is 1. The van der Waals surface area contributed by atoms with Gasteiger partial charge in [0.05, 0.1) is 6.54 Å². The van der Waals surface area contributed by atoms with Gasteiger partial charge in [-0.15, -0.1) is 5.10 Å². The summed E-state index contributed by atoms with van der Waals surface area (Å²) in [5.74, 6) is 1.36. The molecule has 2 fully saturated rings. The van der Waals surface area contributed by atoms with Crippen molar-refractivity contribution in [2.45, 2.75) is 38.1 Å². The van der Waals surface area contributed by atoms with E-state index in [0.717, 1.165) is 44.3 Å². The van der Waals surface area contributed by atoms with Gasteiger partial charge in [0, 0.05) is 24.9 Å². The molecule has 3 aromatic rings. The molecule has 28 heavy (non-hydrogen) atoms. The number of H-pyrrole nitrogens is 1. The monoisotopic (exact) mass is 378 g/mol. The SMILES string of the molecule is O=C(C1CC1)N1CCC(c2nc3c(nnn3Cc3ccccc3)c(=O)[nH]2)CC1. The molecular weight excluding hydrogens is 356 g/mol. The van der Waals surface area contributed by atoms with Crippen molar-refractivity contribution in [1.82, 2.24) is 29.9 Å². The summed E-state index contributed by atoms with van der Waals surface area (Å²) in [7, 11) is 0. The fraction of sp³-hybridized carbons (Fsp3) is 0.450. The van der Waals surface area contributed by atoms with Crippen LogP contribution < -0.4 is 5.56 Å². The first kappa shape index (κ1) is 17.1. The van der Waals surface area contributed by atoms with Crippen molar-refractivity contribution in [3.63, 3.8) is 0 Å². The Morgan fingerprint density at radius 2 is 1.86 bits per heavy atom. The average molecular weight is 378 g/mol. The van der Waals surface area contributed by atoms with Crippen molar-refractivity contribution >= 4 is 17.1 Å². The van der Waals surface area contributed by atoms with E-state index in [1.54, 1.807) is 4.68 Å². The van der Waals surface area contributed by atoms with E-state index in [9.17, 15) is 9.59 Å². The number of hydrogen-bond donors (Lipinski definition) is 1. The second-order valence-corrected chi connectivity index (χ2v) is 7.73. The van der Waals surface area contributed by atoms with Crippen molar-refractivity contribution in [2.75, 3.05) is 13.1 Å². The van der Waals surface area contributed by atoms with E-state index in [1.165, 1.54) is 0 Å². The summed E-state index contributed by atoms with van der Waals surface area (Å²) in [5, 5.41) is 8.15. The molecule has 5 rings (SSSR count). The van der Waals surface area contributed by atoms with Crippen molar-refractivity contribution < 1.29 is 4.79 Å². The highest BCUT2D eigenvalue weighted by atomic mass is 16.2. The predicted molar refractivity (Wildman–Crippen MR) is 103 cm³/mol. The minimum Gasteiger partial charge on any atom is -0.342 e. The Morgan fingerprint density at radius 3 is 2.57 bits per heavy atom. The largest absolute Gasteiger partial charge is 0.342 e. The molecule has 8 heteroatoms. The van der Waals surface area contributed by atoms with E-state index in [-0.39, 0.29) is 22.9 Å². The fourth-order valence-electron chi connectivity index (χ4n) is 3.90. The second-order valence-electron chi connectivity index (χ2n) is 7.73. The number of amides is 1. The Hall–Kier alpha value is -3.03. The highest BCUT2D eigenvalue weighted by Crippen LogP contribution is 2.33. The molecule has 2 aromatic heterocycles. The standard InChI is InChI=1S/C20H22N6O2/c27-19-16-18(26(24-23-16)12-13-4-2-1-3-5-13)21-17(22-19)14-8-10-25(11-9-14)20(28)15-6-7-15/h1-5,14-15H,6-12H2,(H,21,22,27). The minimum atomic E-state index is -0.254. The highest BCUT2D eigenvalue weighted by Gasteiger charge is 2.35. The smallest absolute Gasteiger partial charge is 0.281 e. The van der Waals surface area contributed by atoms with Crippen LogP contribution in [0.3, 0.4) is 0 Å². The molecule has 1 amide bonds. The number of carbonyl (C=O) groups is 1. The Kier molecular flexibility index (Phi) is 4.18. The lowest BCUT2D eigenvalue weighted by Gasteiger charge is -2.31. The predicted octanol–water partition coefficient (Wildman–Crippen LogP) is 1.68. The summed E-state index contributed by atoms with van der Waals surface area (Å²) in [6.45, 7) is 1.97. The van der Waals surface area contributed by atoms with Gasteiger partial charge in [-0.3, -0.25) is 9.59 Å². The normalized spacial score (nSPS) is 17.9. The Balaban J connectivity index is 1.39. The number of nitrogens with zero attached hydrogens (tertiary/aromatic N) is 5. The van der Waals surface area contributed by atoms with Gasteiger partial charge in [-0.25, -0.2) is 9.67 Å². The maximum atomic E-state index is 12.5. The van der Waals surface area contributed by atoms with Crippen LogP contribution in [0.25, 0.3) is 11.2 Å². The molecule has 1 saturated carbocycles. The third kappa shape index (κ3) is 3.19. The topological polar surface area (TPSA) is 96.8 Å². The van der Waals surface area contributed by atoms with Gasteiger partial charge >= 0.3 is 0 Å². The zero-order chi connectivity index (χ0) is 19.1. The van der Waals surface area contributed by atoms with E-state index in [4.69, 9.17) is 4.98 Å². The fourth-order valence-corrected chi connectivity index (χ4v) is 3.90. The number of hydrogen-bond acceptors (Lipinski definition) is 5. The minimum absolute atomic E-state index is 0.139. The van der Waals surface area contributed by atoms with Crippen LogP contribution in [-0.2, 0) is 11.3 Å².